The highest BCUT2D eigenvalue weighted by Crippen LogP contribution is 2.36. The lowest BCUT2D eigenvalue weighted by molar-refractivity contribution is 0.0204. The number of aliphatic hydroxyl groups excluding tert-OH is 1. The van der Waals surface area contributed by atoms with Crippen LogP contribution in [-0.2, 0) is 0 Å². The minimum absolute atomic E-state index is 0.0955. The van der Waals surface area contributed by atoms with E-state index in [4.69, 9.17) is 4.99 Å². The first-order valence-electron chi connectivity index (χ1n) is 9.88. The van der Waals surface area contributed by atoms with Crippen molar-refractivity contribution >= 4 is 5.84 Å². The van der Waals surface area contributed by atoms with Crippen LogP contribution in [0, 0.1) is 5.92 Å². The second-order valence-corrected chi connectivity index (χ2v) is 7.54. The Balaban J connectivity index is 1.49. The van der Waals surface area contributed by atoms with Gasteiger partial charge in [-0.3, -0.25) is 4.99 Å². The molecule has 1 fully saturated rings. The second kappa shape index (κ2) is 7.77. The van der Waals surface area contributed by atoms with E-state index in [1.165, 1.54) is 12.0 Å². The first kappa shape index (κ1) is 17.5. The number of aliphatic imine (C=N–C) groups is 1. The summed E-state index contributed by atoms with van der Waals surface area (Å²) in [6, 6.07) is 0.690. The molecule has 4 atom stereocenters. The Morgan fingerprint density at radius 2 is 2.19 bits per heavy atom. The van der Waals surface area contributed by atoms with Gasteiger partial charge in [-0.15, -0.1) is 0 Å². The number of rotatable bonds is 5. The van der Waals surface area contributed by atoms with Gasteiger partial charge in [0.25, 0.3) is 0 Å². The van der Waals surface area contributed by atoms with Crippen LogP contribution in [0.25, 0.3) is 0 Å². The molecule has 2 heterocycles. The first-order chi connectivity index (χ1) is 12.8. The SMILES string of the molecule is C=CC1=CCC(N2C3=NCCC=C3C(CNC3CC=CCC3)C2O)C=C1. The Morgan fingerprint density at radius 1 is 1.27 bits per heavy atom. The largest absolute Gasteiger partial charge is 0.373 e. The average molecular weight is 351 g/mol. The van der Waals surface area contributed by atoms with E-state index < -0.39 is 6.23 Å². The van der Waals surface area contributed by atoms with Crippen LogP contribution in [0.2, 0.25) is 0 Å². The molecule has 4 unspecified atom stereocenters. The maximum Gasteiger partial charge on any atom is 0.136 e. The summed E-state index contributed by atoms with van der Waals surface area (Å²) in [6.07, 6.45) is 19.9. The van der Waals surface area contributed by atoms with E-state index in [1.54, 1.807) is 0 Å². The standard InChI is InChI=1S/C22H29N3O/c1-2-16-10-12-18(13-11-16)25-21-19(9-6-14-23-21)20(22(25)26)15-24-17-7-4-3-5-8-17/h2-4,9-12,17-18,20,22,24,26H,1,5-8,13-15H2. The molecule has 1 saturated heterocycles. The molecule has 0 aromatic heterocycles. The molecule has 0 aromatic carbocycles. The second-order valence-electron chi connectivity index (χ2n) is 7.54. The van der Waals surface area contributed by atoms with Gasteiger partial charge in [0.2, 0.25) is 0 Å². The highest BCUT2D eigenvalue weighted by molar-refractivity contribution is 6.02. The molecule has 4 aliphatic rings. The molecule has 138 valence electrons. The van der Waals surface area contributed by atoms with E-state index in [1.807, 2.05) is 6.08 Å². The third-order valence-electron chi connectivity index (χ3n) is 5.90. The molecule has 4 rings (SSSR count). The number of dihydropyridines is 1. The Morgan fingerprint density at radius 3 is 2.92 bits per heavy atom. The number of allylic oxidation sites excluding steroid dienone is 4. The lowest BCUT2D eigenvalue weighted by atomic mass is 9.96. The summed E-state index contributed by atoms with van der Waals surface area (Å²) >= 11 is 0. The van der Waals surface area contributed by atoms with Crippen molar-refractivity contribution in [3.63, 3.8) is 0 Å². The molecule has 0 aromatic rings. The molecule has 0 spiro atoms. The number of hydrogen-bond donors (Lipinski definition) is 2. The molecule has 2 aliphatic heterocycles. The van der Waals surface area contributed by atoms with Crippen LogP contribution < -0.4 is 5.32 Å². The minimum atomic E-state index is -0.516. The van der Waals surface area contributed by atoms with E-state index in [0.29, 0.717) is 6.04 Å². The van der Waals surface area contributed by atoms with Crippen molar-refractivity contribution in [3.8, 4) is 0 Å². The van der Waals surface area contributed by atoms with Gasteiger partial charge in [0.05, 0.1) is 6.04 Å². The van der Waals surface area contributed by atoms with E-state index in [-0.39, 0.29) is 12.0 Å². The van der Waals surface area contributed by atoms with Crippen LogP contribution in [0.1, 0.15) is 32.1 Å². The summed E-state index contributed by atoms with van der Waals surface area (Å²) in [7, 11) is 0. The molecule has 2 N–H and O–H groups in total. The maximum atomic E-state index is 11.2. The molecular weight excluding hydrogens is 322 g/mol. The zero-order valence-corrected chi connectivity index (χ0v) is 15.3. The average Bonchev–Trinajstić information content (AvgIpc) is 2.98. The monoisotopic (exact) mass is 351 g/mol. The van der Waals surface area contributed by atoms with Gasteiger partial charge in [-0.25, -0.2) is 0 Å². The van der Waals surface area contributed by atoms with Gasteiger partial charge in [-0.1, -0.05) is 49.1 Å². The van der Waals surface area contributed by atoms with Crippen molar-refractivity contribution in [3.05, 3.63) is 60.3 Å². The quantitative estimate of drug-likeness (QED) is 0.748. The summed E-state index contributed by atoms with van der Waals surface area (Å²) in [5.41, 5.74) is 2.38. The molecule has 4 heteroatoms. The van der Waals surface area contributed by atoms with Crippen molar-refractivity contribution in [2.24, 2.45) is 10.9 Å². The van der Waals surface area contributed by atoms with Crippen molar-refractivity contribution in [1.29, 1.82) is 0 Å². The van der Waals surface area contributed by atoms with Crippen molar-refractivity contribution in [2.45, 2.75) is 50.4 Å². The number of fused-ring (bicyclic) bond motifs is 1. The molecule has 0 bridgehead atoms. The Bertz CT molecular complexity index is 700. The summed E-state index contributed by atoms with van der Waals surface area (Å²) < 4.78 is 0. The van der Waals surface area contributed by atoms with Gasteiger partial charge in [-0.05, 0) is 43.3 Å². The number of nitrogens with one attached hydrogen (secondary N) is 1. The lowest BCUT2D eigenvalue weighted by Gasteiger charge is -2.33. The van der Waals surface area contributed by atoms with Gasteiger partial charge in [-0.2, -0.15) is 0 Å². The predicted molar refractivity (Wildman–Crippen MR) is 107 cm³/mol. The fraction of sp³-hybridized carbons (Fsp3) is 0.500. The maximum absolute atomic E-state index is 11.2. The summed E-state index contributed by atoms with van der Waals surface area (Å²) in [4.78, 5) is 6.91. The zero-order chi connectivity index (χ0) is 17.9. The van der Waals surface area contributed by atoms with Gasteiger partial charge >= 0.3 is 0 Å². The number of nitrogens with zero attached hydrogens (tertiary/aromatic N) is 2. The van der Waals surface area contributed by atoms with E-state index in [2.05, 4.69) is 53.3 Å². The number of likely N-dealkylation sites (tertiary alicyclic amines) is 1. The lowest BCUT2D eigenvalue weighted by Crippen LogP contribution is -2.45. The zero-order valence-electron chi connectivity index (χ0n) is 15.3. The number of hydrogen-bond acceptors (Lipinski definition) is 4. The molecule has 2 aliphatic carbocycles. The Labute approximate surface area is 156 Å². The fourth-order valence-corrected chi connectivity index (χ4v) is 4.43. The van der Waals surface area contributed by atoms with Crippen LogP contribution in [0.5, 0.6) is 0 Å². The van der Waals surface area contributed by atoms with Crippen LogP contribution in [0.4, 0.5) is 0 Å². The van der Waals surface area contributed by atoms with E-state index in [9.17, 15) is 5.11 Å². The van der Waals surface area contributed by atoms with Crippen molar-refractivity contribution < 1.29 is 5.11 Å². The van der Waals surface area contributed by atoms with Gasteiger partial charge in [0.15, 0.2) is 0 Å². The highest BCUT2D eigenvalue weighted by Gasteiger charge is 2.44. The fourth-order valence-electron chi connectivity index (χ4n) is 4.43. The predicted octanol–water partition coefficient (Wildman–Crippen LogP) is 3.10. The smallest absolute Gasteiger partial charge is 0.136 e. The highest BCUT2D eigenvalue weighted by atomic mass is 16.3. The molecule has 26 heavy (non-hydrogen) atoms. The Hall–Kier alpha value is -1.91. The normalized spacial score (nSPS) is 33.4. The summed E-state index contributed by atoms with van der Waals surface area (Å²) in [5, 5.41) is 14.8. The summed E-state index contributed by atoms with van der Waals surface area (Å²) in [5.74, 6) is 1.10. The van der Waals surface area contributed by atoms with Crippen LogP contribution >= 0.6 is 0 Å². The molecular formula is C22H29N3O. The Kier molecular flexibility index (Phi) is 5.23. The van der Waals surface area contributed by atoms with Crippen LogP contribution in [-0.4, -0.2) is 47.2 Å². The first-order valence-corrected chi connectivity index (χ1v) is 9.88. The van der Waals surface area contributed by atoms with Gasteiger partial charge in [0.1, 0.15) is 12.1 Å². The van der Waals surface area contributed by atoms with Crippen molar-refractivity contribution in [2.75, 3.05) is 13.1 Å². The van der Waals surface area contributed by atoms with Gasteiger partial charge in [0, 0.05) is 25.0 Å². The molecule has 0 saturated carbocycles. The summed E-state index contributed by atoms with van der Waals surface area (Å²) in [6.45, 7) is 5.47. The topological polar surface area (TPSA) is 47.9 Å². The van der Waals surface area contributed by atoms with Gasteiger partial charge < -0.3 is 15.3 Å². The van der Waals surface area contributed by atoms with Crippen molar-refractivity contribution in [1.82, 2.24) is 10.2 Å². The molecule has 0 radical (unpaired) electrons. The molecule has 0 amide bonds. The van der Waals surface area contributed by atoms with Crippen LogP contribution in [0.15, 0.2) is 65.2 Å². The number of aliphatic hydroxyl groups is 1. The van der Waals surface area contributed by atoms with E-state index in [0.717, 1.165) is 50.2 Å². The third-order valence-corrected chi connectivity index (χ3v) is 5.90. The van der Waals surface area contributed by atoms with E-state index >= 15 is 0 Å². The third kappa shape index (κ3) is 3.36. The van der Waals surface area contributed by atoms with Crippen LogP contribution in [0.3, 0.4) is 0 Å². The molecule has 4 nitrogen and oxygen atoms in total. The number of amidine groups is 1. The minimum Gasteiger partial charge on any atom is -0.373 e.